The van der Waals surface area contributed by atoms with E-state index in [9.17, 15) is 13.2 Å². The lowest BCUT2D eigenvalue weighted by Gasteiger charge is -2.22. The van der Waals surface area contributed by atoms with Crippen LogP contribution in [0.5, 0.6) is 0 Å². The molecule has 2 heterocycles. The number of rotatable bonds is 0. The van der Waals surface area contributed by atoms with Gasteiger partial charge in [-0.15, -0.1) is 0 Å². The largest absolute Gasteiger partial charge is 0.449 e. The molecule has 2 rings (SSSR count). The fourth-order valence-corrected chi connectivity index (χ4v) is 2.16. The molecule has 0 amide bonds. The van der Waals surface area contributed by atoms with Crippen molar-refractivity contribution in [2.75, 3.05) is 0 Å². The van der Waals surface area contributed by atoms with Crippen molar-refractivity contribution in [2.45, 2.75) is 31.6 Å². The van der Waals surface area contributed by atoms with Gasteiger partial charge in [-0.1, -0.05) is 11.6 Å². The minimum atomic E-state index is -4.47. The lowest BCUT2D eigenvalue weighted by molar-refractivity contribution is -0.147. The molecule has 2 N–H and O–H groups in total. The Morgan fingerprint density at radius 1 is 1.47 bits per heavy atom. The first-order chi connectivity index (χ1) is 6.91. The normalized spacial score (nSPS) is 21.5. The van der Waals surface area contributed by atoms with Gasteiger partial charge in [0.25, 0.3) is 0 Å². The van der Waals surface area contributed by atoms with Gasteiger partial charge in [0, 0.05) is 12.6 Å². The molecule has 0 saturated carbocycles. The molecule has 1 atom stereocenters. The number of nitrogens with two attached hydrogens (primary N) is 1. The summed E-state index contributed by atoms with van der Waals surface area (Å²) < 4.78 is 38.7. The van der Waals surface area contributed by atoms with Crippen LogP contribution in [0, 0.1) is 0 Å². The van der Waals surface area contributed by atoms with E-state index in [0.717, 1.165) is 4.57 Å². The summed E-state index contributed by atoms with van der Waals surface area (Å²) in [6, 6.07) is -0.449. The van der Waals surface area contributed by atoms with Gasteiger partial charge in [-0.25, -0.2) is 4.98 Å². The van der Waals surface area contributed by atoms with Crippen LogP contribution in [0.4, 0.5) is 13.2 Å². The van der Waals surface area contributed by atoms with Crippen LogP contribution in [-0.2, 0) is 12.7 Å². The van der Waals surface area contributed by atoms with Crippen LogP contribution >= 0.6 is 11.6 Å². The van der Waals surface area contributed by atoms with E-state index in [1.165, 1.54) is 0 Å². The average molecular weight is 240 g/mol. The lowest BCUT2D eigenvalue weighted by Crippen LogP contribution is -2.25. The Labute approximate surface area is 89.0 Å². The van der Waals surface area contributed by atoms with Crippen molar-refractivity contribution in [2.24, 2.45) is 5.73 Å². The van der Waals surface area contributed by atoms with Crippen molar-refractivity contribution >= 4 is 11.6 Å². The van der Waals surface area contributed by atoms with Crippen molar-refractivity contribution in [3.05, 3.63) is 16.7 Å². The van der Waals surface area contributed by atoms with E-state index in [1.807, 2.05) is 0 Å². The van der Waals surface area contributed by atoms with Crippen molar-refractivity contribution in [1.82, 2.24) is 9.55 Å². The monoisotopic (exact) mass is 239 g/mol. The van der Waals surface area contributed by atoms with Crippen molar-refractivity contribution in [3.63, 3.8) is 0 Å². The predicted octanol–water partition coefficient (Wildman–Crippen LogP) is 2.35. The summed E-state index contributed by atoms with van der Waals surface area (Å²) in [6.07, 6.45) is -3.22. The number of imidazole rings is 1. The van der Waals surface area contributed by atoms with Crippen LogP contribution in [0.25, 0.3) is 0 Å². The van der Waals surface area contributed by atoms with Crippen LogP contribution in [0.2, 0.25) is 5.15 Å². The Hall–Kier alpha value is -0.750. The van der Waals surface area contributed by atoms with Crippen LogP contribution in [-0.4, -0.2) is 9.55 Å². The van der Waals surface area contributed by atoms with Gasteiger partial charge in [0.05, 0.1) is 5.69 Å². The summed E-state index contributed by atoms with van der Waals surface area (Å²) in [5, 5.41) is -0.130. The van der Waals surface area contributed by atoms with Gasteiger partial charge in [-0.3, -0.25) is 0 Å². The first kappa shape index (κ1) is 10.8. The summed E-state index contributed by atoms with van der Waals surface area (Å²) in [7, 11) is 0. The summed E-state index contributed by atoms with van der Waals surface area (Å²) in [5.41, 5.74) is 5.99. The van der Waals surface area contributed by atoms with Gasteiger partial charge in [0.1, 0.15) is 0 Å². The van der Waals surface area contributed by atoms with Gasteiger partial charge < -0.3 is 10.3 Å². The molecular formula is C8H9ClF3N3. The Morgan fingerprint density at radius 3 is 2.73 bits per heavy atom. The highest BCUT2D eigenvalue weighted by Gasteiger charge is 2.40. The van der Waals surface area contributed by atoms with Gasteiger partial charge >= 0.3 is 6.18 Å². The first-order valence-corrected chi connectivity index (χ1v) is 4.87. The van der Waals surface area contributed by atoms with E-state index in [1.54, 1.807) is 0 Å². The zero-order valence-corrected chi connectivity index (χ0v) is 8.44. The predicted molar refractivity (Wildman–Crippen MR) is 48.4 cm³/mol. The second kappa shape index (κ2) is 3.38. The van der Waals surface area contributed by atoms with Gasteiger partial charge in [-0.2, -0.15) is 13.2 Å². The Bertz CT molecular complexity index is 385. The minimum absolute atomic E-state index is 0.130. The summed E-state index contributed by atoms with van der Waals surface area (Å²) >= 11 is 5.65. The smallest absolute Gasteiger partial charge is 0.323 e. The highest BCUT2D eigenvalue weighted by Crippen LogP contribution is 2.36. The van der Waals surface area contributed by atoms with E-state index in [2.05, 4.69) is 4.98 Å². The Kier molecular flexibility index (Phi) is 2.42. The molecule has 1 unspecified atom stereocenters. The molecular weight excluding hydrogens is 231 g/mol. The molecule has 15 heavy (non-hydrogen) atoms. The summed E-state index contributed by atoms with van der Waals surface area (Å²) in [6.45, 7) is 0.275. The standard InChI is InChI=1S/C8H9ClF3N3/c9-6-5-4(13)2-1-3-15(5)7(14-6)8(10,11)12/h4H,1-3,13H2. The SMILES string of the molecule is NC1CCCn2c(C(F)(F)F)nc(Cl)c21. The lowest BCUT2D eigenvalue weighted by atomic mass is 10.1. The number of nitrogens with zero attached hydrogens (tertiary/aromatic N) is 2. The van der Waals surface area contributed by atoms with Gasteiger partial charge in [0.2, 0.25) is 5.82 Å². The molecule has 0 bridgehead atoms. The topological polar surface area (TPSA) is 43.8 Å². The van der Waals surface area contributed by atoms with Crippen molar-refractivity contribution in [1.29, 1.82) is 0 Å². The molecule has 84 valence electrons. The molecule has 0 radical (unpaired) electrons. The summed E-state index contributed by atoms with van der Waals surface area (Å²) in [4.78, 5) is 3.34. The molecule has 7 heteroatoms. The van der Waals surface area contributed by atoms with Crippen LogP contribution in [0.3, 0.4) is 0 Å². The third kappa shape index (κ3) is 1.72. The second-order valence-electron chi connectivity index (χ2n) is 3.51. The quantitative estimate of drug-likeness (QED) is 0.755. The molecule has 1 aromatic heterocycles. The maximum absolute atomic E-state index is 12.5. The number of aromatic nitrogens is 2. The van der Waals surface area contributed by atoms with E-state index in [-0.39, 0.29) is 11.7 Å². The number of fused-ring (bicyclic) bond motifs is 1. The molecule has 0 saturated heterocycles. The number of halogens is 4. The molecule has 1 aliphatic heterocycles. The maximum Gasteiger partial charge on any atom is 0.449 e. The third-order valence-corrected chi connectivity index (χ3v) is 2.74. The van der Waals surface area contributed by atoms with Crippen molar-refractivity contribution < 1.29 is 13.2 Å². The maximum atomic E-state index is 12.5. The minimum Gasteiger partial charge on any atom is -0.323 e. The first-order valence-electron chi connectivity index (χ1n) is 4.50. The Balaban J connectivity index is 2.56. The van der Waals surface area contributed by atoms with Gasteiger partial charge in [-0.05, 0) is 12.8 Å². The Morgan fingerprint density at radius 2 is 2.13 bits per heavy atom. The third-order valence-electron chi connectivity index (χ3n) is 2.46. The molecule has 1 aliphatic rings. The fraction of sp³-hybridized carbons (Fsp3) is 0.625. The van der Waals surface area contributed by atoms with Crippen LogP contribution in [0.15, 0.2) is 0 Å². The zero-order chi connectivity index (χ0) is 11.2. The van der Waals surface area contributed by atoms with E-state index >= 15 is 0 Å². The van der Waals surface area contributed by atoms with E-state index < -0.39 is 18.0 Å². The van der Waals surface area contributed by atoms with E-state index in [0.29, 0.717) is 18.5 Å². The molecule has 3 nitrogen and oxygen atoms in total. The number of hydrogen-bond acceptors (Lipinski definition) is 2. The van der Waals surface area contributed by atoms with Crippen LogP contribution in [0.1, 0.15) is 30.4 Å². The molecule has 1 aromatic rings. The number of alkyl halides is 3. The fourth-order valence-electron chi connectivity index (χ4n) is 1.84. The molecule has 0 aromatic carbocycles. The van der Waals surface area contributed by atoms with Gasteiger partial charge in [0.15, 0.2) is 5.15 Å². The van der Waals surface area contributed by atoms with Crippen LogP contribution < -0.4 is 5.73 Å². The van der Waals surface area contributed by atoms with Crippen molar-refractivity contribution in [3.8, 4) is 0 Å². The van der Waals surface area contributed by atoms with E-state index in [4.69, 9.17) is 17.3 Å². The number of hydrogen-bond donors (Lipinski definition) is 1. The zero-order valence-electron chi connectivity index (χ0n) is 7.68. The highest BCUT2D eigenvalue weighted by atomic mass is 35.5. The molecule has 0 spiro atoms. The molecule has 0 aliphatic carbocycles. The highest BCUT2D eigenvalue weighted by molar-refractivity contribution is 6.30. The average Bonchev–Trinajstić information content (AvgIpc) is 2.44. The molecule has 0 fully saturated rings. The second-order valence-corrected chi connectivity index (χ2v) is 3.87. The summed E-state index contributed by atoms with van der Waals surface area (Å²) in [5.74, 6) is -0.947.